The lowest BCUT2D eigenvalue weighted by Gasteiger charge is -2.48. The molecule has 1 fully saturated rings. The molecular weight excluding hydrogens is 537 g/mol. The van der Waals surface area contributed by atoms with E-state index in [-0.39, 0.29) is 37.0 Å². The van der Waals surface area contributed by atoms with E-state index in [1.165, 1.54) is 12.1 Å². The molecule has 3 aromatic rings. The topological polar surface area (TPSA) is 124 Å². The van der Waals surface area contributed by atoms with Gasteiger partial charge in [0, 0.05) is 41.7 Å². The molecule has 0 bridgehead atoms. The number of aliphatic hydroxyl groups is 2. The molecule has 1 aliphatic rings. The van der Waals surface area contributed by atoms with Crippen molar-refractivity contribution in [1.82, 2.24) is 25.6 Å². The number of rotatable bonds is 15. The van der Waals surface area contributed by atoms with Gasteiger partial charge in [-0.2, -0.15) is 0 Å². The molecule has 1 aromatic heterocycles. The Bertz CT molecular complexity index is 1220. The fourth-order valence-corrected chi connectivity index (χ4v) is 5.38. The molecule has 0 saturated carbocycles. The van der Waals surface area contributed by atoms with E-state index in [9.17, 15) is 19.4 Å². The monoisotopic (exact) mass is 573 g/mol. The van der Waals surface area contributed by atoms with Crippen molar-refractivity contribution < 1.29 is 24.1 Å². The second kappa shape index (κ2) is 14.1. The molecule has 216 valence electrons. The first-order chi connectivity index (χ1) is 19.3. The second-order valence-electron chi connectivity index (χ2n) is 10.6. The number of aromatic nitrogens is 3. The fraction of sp³-hybridized carbons (Fsp3) is 0.483. The van der Waals surface area contributed by atoms with Gasteiger partial charge in [0.05, 0.1) is 37.6 Å². The fourth-order valence-electron chi connectivity index (χ4n) is 5.21. The van der Waals surface area contributed by atoms with Gasteiger partial charge in [-0.05, 0) is 62.1 Å². The minimum atomic E-state index is -0.457. The number of ether oxygens (including phenoxy) is 1. The van der Waals surface area contributed by atoms with E-state index in [1.807, 2.05) is 24.3 Å². The Morgan fingerprint density at radius 3 is 2.62 bits per heavy atom. The molecule has 0 unspecified atom stereocenters. The summed E-state index contributed by atoms with van der Waals surface area (Å²) >= 11 is 6.08. The van der Waals surface area contributed by atoms with Crippen molar-refractivity contribution in [3.63, 3.8) is 0 Å². The summed E-state index contributed by atoms with van der Waals surface area (Å²) in [7, 11) is 0. The summed E-state index contributed by atoms with van der Waals surface area (Å²) < 4.78 is 19.8. The first-order valence-electron chi connectivity index (χ1n) is 13.6. The summed E-state index contributed by atoms with van der Waals surface area (Å²) in [6, 6.07) is 12.1. The number of aromatic amines is 1. The number of carbonyl (C=O) groups excluding carboxylic acids is 1. The van der Waals surface area contributed by atoms with Crippen molar-refractivity contribution >= 4 is 17.6 Å². The Kier molecular flexibility index (Phi) is 10.6. The number of halogens is 2. The van der Waals surface area contributed by atoms with Gasteiger partial charge < -0.3 is 25.2 Å². The van der Waals surface area contributed by atoms with Crippen LogP contribution < -0.4 is 5.32 Å². The Morgan fingerprint density at radius 2 is 1.98 bits per heavy atom. The van der Waals surface area contributed by atoms with Gasteiger partial charge in [-0.15, -0.1) is 5.10 Å². The van der Waals surface area contributed by atoms with Gasteiger partial charge in [0.1, 0.15) is 5.82 Å². The molecule has 4 N–H and O–H groups in total. The van der Waals surface area contributed by atoms with Crippen molar-refractivity contribution in [1.29, 1.82) is 0 Å². The summed E-state index contributed by atoms with van der Waals surface area (Å²) in [5.41, 5.74) is 2.58. The summed E-state index contributed by atoms with van der Waals surface area (Å²) in [4.78, 5) is 15.1. The highest BCUT2D eigenvalue weighted by Gasteiger charge is 2.42. The number of hydrogen-bond acceptors (Lipinski definition) is 8. The third-order valence-corrected chi connectivity index (χ3v) is 7.73. The van der Waals surface area contributed by atoms with Gasteiger partial charge in [0.15, 0.2) is 0 Å². The molecule has 2 atom stereocenters. The number of nitrogens with zero attached hydrogens (tertiary/aromatic N) is 3. The molecule has 40 heavy (non-hydrogen) atoms. The Morgan fingerprint density at radius 1 is 1.23 bits per heavy atom. The molecule has 1 saturated heterocycles. The lowest BCUT2D eigenvalue weighted by Crippen LogP contribution is -2.60. The number of hydrogen-bond donors (Lipinski definition) is 4. The number of carbonyl (C=O) groups is 1. The molecule has 2 aromatic carbocycles. The molecule has 0 amide bonds. The van der Waals surface area contributed by atoms with Crippen LogP contribution in [-0.2, 0) is 22.5 Å². The van der Waals surface area contributed by atoms with Gasteiger partial charge in [0.25, 0.3) is 0 Å². The molecule has 2 heterocycles. The molecule has 0 spiro atoms. The maximum Gasteiger partial charge on any atom is 0.309 e. The van der Waals surface area contributed by atoms with Gasteiger partial charge in [0.2, 0.25) is 0 Å². The molecule has 0 radical (unpaired) electrons. The maximum absolute atomic E-state index is 14.4. The minimum Gasteiger partial charge on any atom is -0.466 e. The third kappa shape index (κ3) is 7.86. The Hall–Kier alpha value is -2.89. The highest BCUT2D eigenvalue weighted by Crippen LogP contribution is 2.31. The number of likely N-dealkylation sites (tertiary alicyclic amines) is 1. The number of H-pyrrole nitrogens is 1. The van der Waals surface area contributed by atoms with E-state index >= 15 is 0 Å². The van der Waals surface area contributed by atoms with Crippen LogP contribution in [-0.4, -0.2) is 82.0 Å². The zero-order valence-corrected chi connectivity index (χ0v) is 23.4. The van der Waals surface area contributed by atoms with Gasteiger partial charge in [-0.25, -0.2) is 4.39 Å². The Labute approximate surface area is 238 Å². The van der Waals surface area contributed by atoms with Crippen LogP contribution in [0.25, 0.3) is 11.1 Å². The maximum atomic E-state index is 14.4. The van der Waals surface area contributed by atoms with Crippen molar-refractivity contribution in [3.05, 3.63) is 70.8 Å². The standard InChI is InChI=1S/C29H37ClFN5O4/c1-2-40-28(39)22(9-10-36-16-29(17-36,18-37)19-38)12-24(32-14-25-15-33-35-34-25)11-20-3-5-21(6-4-20)26-13-23(30)7-8-27(26)31/h3-8,13,15,22,24,32,37-38H,2,9-12,14,16-19H2,1H3,(H,33,34,35)/t22-,24-/m1/s1. The van der Waals surface area contributed by atoms with E-state index in [0.717, 1.165) is 16.8 Å². The number of benzene rings is 2. The van der Waals surface area contributed by atoms with E-state index in [1.54, 1.807) is 19.2 Å². The number of aliphatic hydroxyl groups excluding tert-OH is 2. The third-order valence-electron chi connectivity index (χ3n) is 7.49. The van der Waals surface area contributed by atoms with Crippen LogP contribution in [0.1, 0.15) is 31.0 Å². The molecule has 9 nitrogen and oxygen atoms in total. The lowest BCUT2D eigenvalue weighted by molar-refractivity contribution is -0.149. The molecule has 1 aliphatic heterocycles. The first-order valence-corrected chi connectivity index (χ1v) is 14.0. The van der Waals surface area contributed by atoms with Gasteiger partial charge in [-0.1, -0.05) is 41.1 Å². The van der Waals surface area contributed by atoms with E-state index < -0.39 is 5.41 Å². The van der Waals surface area contributed by atoms with Crippen molar-refractivity contribution in [2.75, 3.05) is 39.5 Å². The van der Waals surface area contributed by atoms with E-state index in [2.05, 4.69) is 25.6 Å². The quantitative estimate of drug-likeness (QED) is 0.204. The summed E-state index contributed by atoms with van der Waals surface area (Å²) in [5.74, 6) is -0.907. The normalized spacial score (nSPS) is 16.3. The van der Waals surface area contributed by atoms with Crippen LogP contribution in [0.15, 0.2) is 48.7 Å². The number of nitrogens with one attached hydrogen (secondary N) is 2. The predicted octanol–water partition coefficient (Wildman–Crippen LogP) is 3.21. The minimum absolute atomic E-state index is 0.0570. The summed E-state index contributed by atoms with van der Waals surface area (Å²) in [6.07, 6.45) is 3.43. The summed E-state index contributed by atoms with van der Waals surface area (Å²) in [5, 5.41) is 33.6. The lowest BCUT2D eigenvalue weighted by atomic mass is 9.81. The molecule has 11 heteroatoms. The zero-order valence-electron chi connectivity index (χ0n) is 22.7. The molecule has 0 aliphatic carbocycles. The first kappa shape index (κ1) is 30.1. The SMILES string of the molecule is CCOC(=O)[C@H](CCN1CC(CO)(CO)C1)C[C@@H](Cc1ccc(-c2cc(Cl)ccc2F)cc1)NCc1cnn[nH]1. The highest BCUT2D eigenvalue weighted by atomic mass is 35.5. The van der Waals surface area contributed by atoms with Crippen LogP contribution in [0.5, 0.6) is 0 Å². The Balaban J connectivity index is 1.45. The average molecular weight is 574 g/mol. The smallest absolute Gasteiger partial charge is 0.309 e. The second-order valence-corrected chi connectivity index (χ2v) is 11.0. The van der Waals surface area contributed by atoms with E-state index in [0.29, 0.717) is 62.6 Å². The van der Waals surface area contributed by atoms with Gasteiger partial charge in [-0.3, -0.25) is 9.89 Å². The van der Waals surface area contributed by atoms with Crippen LogP contribution in [0, 0.1) is 17.2 Å². The van der Waals surface area contributed by atoms with Crippen LogP contribution in [0.4, 0.5) is 4.39 Å². The van der Waals surface area contributed by atoms with Crippen LogP contribution in [0.3, 0.4) is 0 Å². The zero-order chi connectivity index (χ0) is 28.5. The van der Waals surface area contributed by atoms with Crippen molar-refractivity contribution in [2.45, 2.75) is 38.8 Å². The van der Waals surface area contributed by atoms with Crippen LogP contribution in [0.2, 0.25) is 5.02 Å². The van der Waals surface area contributed by atoms with Gasteiger partial charge >= 0.3 is 5.97 Å². The summed E-state index contributed by atoms with van der Waals surface area (Å²) in [6.45, 7) is 4.36. The molecular formula is C29H37ClFN5O4. The van der Waals surface area contributed by atoms with Crippen molar-refractivity contribution in [2.24, 2.45) is 11.3 Å². The average Bonchev–Trinajstić information content (AvgIpc) is 3.46. The van der Waals surface area contributed by atoms with Crippen LogP contribution >= 0.6 is 11.6 Å². The molecule has 4 rings (SSSR count). The number of esters is 1. The largest absolute Gasteiger partial charge is 0.466 e. The van der Waals surface area contributed by atoms with E-state index in [4.69, 9.17) is 16.3 Å². The predicted molar refractivity (Wildman–Crippen MR) is 150 cm³/mol. The highest BCUT2D eigenvalue weighted by molar-refractivity contribution is 6.30. The van der Waals surface area contributed by atoms with Crippen molar-refractivity contribution in [3.8, 4) is 11.1 Å².